The number of amides is 1. The van der Waals surface area contributed by atoms with E-state index in [4.69, 9.17) is 16.0 Å². The van der Waals surface area contributed by atoms with Crippen molar-refractivity contribution in [2.45, 2.75) is 45.2 Å². The van der Waals surface area contributed by atoms with Crippen molar-refractivity contribution in [3.8, 4) is 0 Å². The number of likely N-dealkylation sites (tertiary alicyclic amines) is 1. The Morgan fingerprint density at radius 2 is 2.10 bits per heavy atom. The standard InChI is InChI=1S/C13H23N5O2/c1-13(2,15)12-16-11(20-17-12)8-18-5-3-9(4-6-18)7-10(14)19/h9H,3-8,15H2,1-2H3,(H2,14,19). The van der Waals surface area contributed by atoms with Crippen LogP contribution in [0.15, 0.2) is 4.52 Å². The topological polar surface area (TPSA) is 111 Å². The summed E-state index contributed by atoms with van der Waals surface area (Å²) >= 11 is 0. The third kappa shape index (κ3) is 4.01. The second-order valence-corrected chi connectivity index (χ2v) is 6.12. The maximum atomic E-state index is 10.9. The number of aromatic nitrogens is 2. The van der Waals surface area contributed by atoms with Gasteiger partial charge in [-0.25, -0.2) is 0 Å². The molecule has 2 heterocycles. The molecule has 0 unspecified atom stereocenters. The van der Waals surface area contributed by atoms with Gasteiger partial charge in [-0.1, -0.05) is 5.16 Å². The van der Waals surface area contributed by atoms with E-state index < -0.39 is 5.54 Å². The summed E-state index contributed by atoms with van der Waals surface area (Å²) < 4.78 is 5.23. The Kier molecular flexibility index (Phi) is 4.39. The van der Waals surface area contributed by atoms with Crippen LogP contribution in [0.4, 0.5) is 0 Å². The fraction of sp³-hybridized carbons (Fsp3) is 0.769. The van der Waals surface area contributed by atoms with Crippen LogP contribution >= 0.6 is 0 Å². The smallest absolute Gasteiger partial charge is 0.240 e. The number of nitrogens with two attached hydrogens (primary N) is 2. The minimum Gasteiger partial charge on any atom is -0.370 e. The third-order valence-electron chi connectivity index (χ3n) is 3.60. The molecule has 0 bridgehead atoms. The van der Waals surface area contributed by atoms with Gasteiger partial charge in [-0.05, 0) is 45.7 Å². The van der Waals surface area contributed by atoms with Crippen LogP contribution in [0.25, 0.3) is 0 Å². The molecule has 1 amide bonds. The van der Waals surface area contributed by atoms with Gasteiger partial charge in [0.25, 0.3) is 0 Å². The van der Waals surface area contributed by atoms with Crippen molar-refractivity contribution in [2.24, 2.45) is 17.4 Å². The van der Waals surface area contributed by atoms with E-state index in [2.05, 4.69) is 15.0 Å². The summed E-state index contributed by atoms with van der Waals surface area (Å²) in [5.74, 6) is 1.31. The van der Waals surface area contributed by atoms with E-state index in [1.807, 2.05) is 13.8 Å². The van der Waals surface area contributed by atoms with Crippen molar-refractivity contribution in [1.29, 1.82) is 0 Å². The fourth-order valence-electron chi connectivity index (χ4n) is 2.41. The average molecular weight is 281 g/mol. The molecule has 0 aromatic carbocycles. The quantitative estimate of drug-likeness (QED) is 0.805. The van der Waals surface area contributed by atoms with Gasteiger partial charge < -0.3 is 16.0 Å². The lowest BCUT2D eigenvalue weighted by atomic mass is 9.93. The monoisotopic (exact) mass is 281 g/mol. The number of rotatable bonds is 5. The first-order valence-corrected chi connectivity index (χ1v) is 6.97. The molecule has 1 aliphatic rings. The fourth-order valence-corrected chi connectivity index (χ4v) is 2.41. The van der Waals surface area contributed by atoms with Gasteiger partial charge in [0, 0.05) is 6.42 Å². The molecule has 1 aliphatic heterocycles. The maximum Gasteiger partial charge on any atom is 0.240 e. The average Bonchev–Trinajstić information content (AvgIpc) is 2.79. The molecule has 2 rings (SSSR count). The largest absolute Gasteiger partial charge is 0.370 e. The van der Waals surface area contributed by atoms with Crippen LogP contribution in [0.1, 0.15) is 44.8 Å². The van der Waals surface area contributed by atoms with Gasteiger partial charge in [0.05, 0.1) is 12.1 Å². The minimum absolute atomic E-state index is 0.213. The highest BCUT2D eigenvalue weighted by Crippen LogP contribution is 2.21. The first-order chi connectivity index (χ1) is 9.34. The number of hydrogen-bond acceptors (Lipinski definition) is 6. The summed E-state index contributed by atoms with van der Waals surface area (Å²) in [5.41, 5.74) is 10.6. The Morgan fingerprint density at radius 3 is 2.60 bits per heavy atom. The zero-order chi connectivity index (χ0) is 14.8. The molecule has 0 radical (unpaired) electrons. The van der Waals surface area contributed by atoms with E-state index in [1.54, 1.807) is 0 Å². The highest BCUT2D eigenvalue weighted by molar-refractivity contribution is 5.73. The Hall–Kier alpha value is -1.47. The molecule has 4 N–H and O–H groups in total. The highest BCUT2D eigenvalue weighted by atomic mass is 16.5. The SMILES string of the molecule is CC(C)(N)c1noc(CN2CCC(CC(N)=O)CC2)n1. The number of carbonyl (C=O) groups is 1. The molecule has 7 nitrogen and oxygen atoms in total. The zero-order valence-electron chi connectivity index (χ0n) is 12.1. The summed E-state index contributed by atoms with van der Waals surface area (Å²) in [6, 6.07) is 0. The Labute approximate surface area is 118 Å². The summed E-state index contributed by atoms with van der Waals surface area (Å²) in [4.78, 5) is 17.5. The van der Waals surface area contributed by atoms with Crippen LogP contribution in [-0.2, 0) is 16.9 Å². The number of carbonyl (C=O) groups excluding carboxylic acids is 1. The molecule has 1 fully saturated rings. The van der Waals surface area contributed by atoms with Gasteiger partial charge in [-0.15, -0.1) is 0 Å². The molecular weight excluding hydrogens is 258 g/mol. The van der Waals surface area contributed by atoms with E-state index in [-0.39, 0.29) is 5.91 Å². The predicted octanol–water partition coefficient (Wildman–Crippen LogP) is 0.351. The van der Waals surface area contributed by atoms with Crippen LogP contribution in [-0.4, -0.2) is 34.0 Å². The van der Waals surface area contributed by atoms with Crippen molar-refractivity contribution in [3.05, 3.63) is 11.7 Å². The number of piperidine rings is 1. The van der Waals surface area contributed by atoms with E-state index in [1.165, 1.54) is 0 Å². The molecule has 1 aromatic heterocycles. The van der Waals surface area contributed by atoms with Crippen molar-refractivity contribution >= 4 is 5.91 Å². The minimum atomic E-state index is -0.587. The Balaban J connectivity index is 1.84. The maximum absolute atomic E-state index is 10.9. The van der Waals surface area contributed by atoms with E-state index in [0.717, 1.165) is 25.9 Å². The van der Waals surface area contributed by atoms with Gasteiger partial charge >= 0.3 is 0 Å². The van der Waals surface area contributed by atoms with Gasteiger partial charge in [-0.2, -0.15) is 4.98 Å². The lowest BCUT2D eigenvalue weighted by molar-refractivity contribution is -0.119. The molecule has 1 saturated heterocycles. The van der Waals surface area contributed by atoms with Gasteiger partial charge in [-0.3, -0.25) is 9.69 Å². The molecule has 20 heavy (non-hydrogen) atoms. The zero-order valence-corrected chi connectivity index (χ0v) is 12.1. The van der Waals surface area contributed by atoms with Crippen molar-refractivity contribution < 1.29 is 9.32 Å². The molecule has 0 atom stereocenters. The van der Waals surface area contributed by atoms with Crippen LogP contribution in [0.3, 0.4) is 0 Å². The number of nitrogens with zero attached hydrogens (tertiary/aromatic N) is 3. The Bertz CT molecular complexity index is 458. The van der Waals surface area contributed by atoms with Crippen LogP contribution < -0.4 is 11.5 Å². The van der Waals surface area contributed by atoms with Gasteiger partial charge in [0.1, 0.15) is 0 Å². The molecule has 0 spiro atoms. The molecular formula is C13H23N5O2. The molecule has 0 aliphatic carbocycles. The summed E-state index contributed by atoms with van der Waals surface area (Å²) in [6.07, 6.45) is 2.44. The van der Waals surface area contributed by atoms with Gasteiger partial charge in [0.15, 0.2) is 5.82 Å². The third-order valence-corrected chi connectivity index (χ3v) is 3.60. The number of hydrogen-bond donors (Lipinski definition) is 2. The molecule has 0 saturated carbocycles. The second-order valence-electron chi connectivity index (χ2n) is 6.12. The van der Waals surface area contributed by atoms with E-state index in [9.17, 15) is 4.79 Å². The summed E-state index contributed by atoms with van der Waals surface area (Å²) in [7, 11) is 0. The van der Waals surface area contributed by atoms with Crippen molar-refractivity contribution in [1.82, 2.24) is 15.0 Å². The summed E-state index contributed by atoms with van der Waals surface area (Å²) in [6.45, 7) is 6.16. The van der Waals surface area contributed by atoms with E-state index in [0.29, 0.717) is 30.6 Å². The lowest BCUT2D eigenvalue weighted by Crippen LogP contribution is -2.35. The summed E-state index contributed by atoms with van der Waals surface area (Å²) in [5, 5.41) is 3.91. The lowest BCUT2D eigenvalue weighted by Gasteiger charge is -2.30. The molecule has 1 aromatic rings. The van der Waals surface area contributed by atoms with Crippen LogP contribution in [0.5, 0.6) is 0 Å². The van der Waals surface area contributed by atoms with Crippen LogP contribution in [0, 0.1) is 5.92 Å². The highest BCUT2D eigenvalue weighted by Gasteiger charge is 2.24. The number of primary amides is 1. The molecule has 112 valence electrons. The van der Waals surface area contributed by atoms with Crippen LogP contribution in [0.2, 0.25) is 0 Å². The second kappa shape index (κ2) is 5.88. The molecule has 7 heteroatoms. The van der Waals surface area contributed by atoms with E-state index >= 15 is 0 Å². The first-order valence-electron chi connectivity index (χ1n) is 6.97. The van der Waals surface area contributed by atoms with Crippen molar-refractivity contribution in [3.63, 3.8) is 0 Å². The Morgan fingerprint density at radius 1 is 1.45 bits per heavy atom. The normalized spacial score (nSPS) is 18.4. The van der Waals surface area contributed by atoms with Gasteiger partial charge in [0.2, 0.25) is 11.8 Å². The predicted molar refractivity (Wildman–Crippen MR) is 73.3 cm³/mol. The first kappa shape index (κ1) is 14.9. The van der Waals surface area contributed by atoms with Crippen molar-refractivity contribution in [2.75, 3.05) is 13.1 Å².